The fraction of sp³-hybridized carbons (Fsp3) is 0.938. The first-order valence-electron chi connectivity index (χ1n) is 16.0. The number of hydrogen-bond donors (Lipinski definition) is 1. The predicted octanol–water partition coefficient (Wildman–Crippen LogP) is 10.4. The van der Waals surface area contributed by atoms with Crippen LogP contribution in [0.4, 0.5) is 0 Å². The van der Waals surface area contributed by atoms with E-state index in [1.165, 1.54) is 128 Å². The number of unbranched alkanes of at least 4 members (excludes halogenated alkanes) is 22. The second kappa shape index (κ2) is 28.5. The Kier molecular flexibility index (Phi) is 27.7. The first-order valence-corrected chi connectivity index (χ1v) is 16.0. The van der Waals surface area contributed by atoms with Gasteiger partial charge in [0, 0.05) is 0 Å². The minimum atomic E-state index is -0.902. The highest BCUT2D eigenvalue weighted by atomic mass is 16.5. The molecule has 36 heavy (non-hydrogen) atoms. The van der Waals surface area contributed by atoms with Crippen molar-refractivity contribution in [2.24, 2.45) is 5.92 Å². The number of ether oxygens (including phenoxy) is 1. The number of carbonyl (C=O) groups is 2. The second-order valence-electron chi connectivity index (χ2n) is 11.0. The minimum absolute atomic E-state index is 0.102. The van der Waals surface area contributed by atoms with Crippen molar-refractivity contribution < 1.29 is 19.4 Å². The van der Waals surface area contributed by atoms with Gasteiger partial charge in [-0.1, -0.05) is 162 Å². The molecule has 0 bridgehead atoms. The molecule has 0 aromatic heterocycles. The van der Waals surface area contributed by atoms with Gasteiger partial charge in [0.1, 0.15) is 0 Å². The van der Waals surface area contributed by atoms with Crippen molar-refractivity contribution in [3.8, 4) is 0 Å². The van der Waals surface area contributed by atoms with Gasteiger partial charge in [0.15, 0.2) is 0 Å². The Balaban J connectivity index is 3.63. The van der Waals surface area contributed by atoms with E-state index in [1.807, 2.05) is 0 Å². The minimum Gasteiger partial charge on any atom is -0.481 e. The Morgan fingerprint density at radius 1 is 0.528 bits per heavy atom. The van der Waals surface area contributed by atoms with Crippen LogP contribution in [-0.4, -0.2) is 23.7 Å². The Morgan fingerprint density at radius 2 is 0.861 bits per heavy atom. The van der Waals surface area contributed by atoms with Gasteiger partial charge in [0.05, 0.1) is 18.9 Å². The number of hydrogen-bond acceptors (Lipinski definition) is 3. The second-order valence-corrected chi connectivity index (χ2v) is 11.0. The maximum Gasteiger partial charge on any atom is 0.309 e. The Hall–Kier alpha value is -1.06. The molecule has 4 nitrogen and oxygen atoms in total. The molecular weight excluding hydrogens is 448 g/mol. The van der Waals surface area contributed by atoms with Crippen molar-refractivity contribution in [2.75, 3.05) is 6.61 Å². The van der Waals surface area contributed by atoms with E-state index in [0.29, 0.717) is 13.0 Å². The summed E-state index contributed by atoms with van der Waals surface area (Å²) in [5, 5.41) is 9.19. The third-order valence-corrected chi connectivity index (χ3v) is 7.40. The zero-order chi connectivity index (χ0) is 26.5. The molecule has 0 aliphatic rings. The van der Waals surface area contributed by atoms with Crippen LogP contribution in [0.5, 0.6) is 0 Å². The largest absolute Gasteiger partial charge is 0.481 e. The van der Waals surface area contributed by atoms with Crippen LogP contribution >= 0.6 is 0 Å². The molecule has 0 heterocycles. The molecule has 0 aromatic carbocycles. The van der Waals surface area contributed by atoms with E-state index in [1.54, 1.807) is 0 Å². The Bertz CT molecular complexity index is 477. The molecule has 0 amide bonds. The standard InChI is InChI=1S/C32H62O4/c1-3-5-7-9-11-13-14-15-16-17-18-19-20-21-23-25-27-30(29-31(33)34)32(35)36-28-26-24-22-12-10-8-6-4-2/h30H,3-29H2,1-2H3,(H,33,34). The molecule has 0 rings (SSSR count). The van der Waals surface area contributed by atoms with Crippen LogP contribution in [0.25, 0.3) is 0 Å². The number of carboxylic acids is 1. The van der Waals surface area contributed by atoms with Gasteiger partial charge in [0.2, 0.25) is 0 Å². The van der Waals surface area contributed by atoms with E-state index in [2.05, 4.69) is 13.8 Å². The summed E-state index contributed by atoms with van der Waals surface area (Å²) >= 11 is 0. The number of esters is 1. The van der Waals surface area contributed by atoms with Crippen LogP contribution in [-0.2, 0) is 14.3 Å². The van der Waals surface area contributed by atoms with Crippen molar-refractivity contribution in [3.05, 3.63) is 0 Å². The van der Waals surface area contributed by atoms with Crippen LogP contribution in [0.3, 0.4) is 0 Å². The summed E-state index contributed by atoms with van der Waals surface area (Å²) in [4.78, 5) is 23.6. The SMILES string of the molecule is CCCCCCCCCCCCCCCCCCC(CC(=O)O)C(=O)OCCCCCCCCCC. The maximum absolute atomic E-state index is 12.4. The quantitative estimate of drug-likeness (QED) is 0.0802. The lowest BCUT2D eigenvalue weighted by Gasteiger charge is -2.14. The van der Waals surface area contributed by atoms with Crippen molar-refractivity contribution >= 4 is 11.9 Å². The lowest BCUT2D eigenvalue weighted by atomic mass is 9.97. The summed E-state index contributed by atoms with van der Waals surface area (Å²) < 4.78 is 5.43. The molecule has 0 saturated carbocycles. The van der Waals surface area contributed by atoms with Crippen molar-refractivity contribution in [2.45, 2.75) is 181 Å². The molecule has 0 aliphatic carbocycles. The third kappa shape index (κ3) is 26.0. The smallest absolute Gasteiger partial charge is 0.309 e. The molecule has 0 fully saturated rings. The Labute approximate surface area is 224 Å². The lowest BCUT2D eigenvalue weighted by Crippen LogP contribution is -2.21. The topological polar surface area (TPSA) is 63.6 Å². The van der Waals surface area contributed by atoms with Gasteiger partial charge in [0.25, 0.3) is 0 Å². The number of aliphatic carboxylic acids is 1. The van der Waals surface area contributed by atoms with E-state index in [-0.39, 0.29) is 12.4 Å². The van der Waals surface area contributed by atoms with Gasteiger partial charge in [-0.15, -0.1) is 0 Å². The molecular formula is C32H62O4. The van der Waals surface area contributed by atoms with Gasteiger partial charge in [-0.25, -0.2) is 0 Å². The summed E-state index contributed by atoms with van der Waals surface area (Å²) in [6.45, 7) is 4.94. The fourth-order valence-corrected chi connectivity index (χ4v) is 4.98. The normalized spacial score (nSPS) is 12.1. The highest BCUT2D eigenvalue weighted by Gasteiger charge is 2.22. The van der Waals surface area contributed by atoms with E-state index >= 15 is 0 Å². The van der Waals surface area contributed by atoms with Crippen molar-refractivity contribution in [1.29, 1.82) is 0 Å². The number of rotatable bonds is 29. The predicted molar refractivity (Wildman–Crippen MR) is 153 cm³/mol. The van der Waals surface area contributed by atoms with Gasteiger partial charge >= 0.3 is 11.9 Å². The number of carbonyl (C=O) groups excluding carboxylic acids is 1. The molecule has 214 valence electrons. The maximum atomic E-state index is 12.4. The van der Waals surface area contributed by atoms with Crippen LogP contribution in [0.1, 0.15) is 181 Å². The van der Waals surface area contributed by atoms with Crippen LogP contribution in [0, 0.1) is 5.92 Å². The molecule has 0 radical (unpaired) electrons. The van der Waals surface area contributed by atoms with Crippen molar-refractivity contribution in [1.82, 2.24) is 0 Å². The molecule has 0 spiro atoms. The zero-order valence-electron chi connectivity index (χ0n) is 24.3. The van der Waals surface area contributed by atoms with E-state index in [4.69, 9.17) is 4.74 Å². The van der Waals surface area contributed by atoms with Gasteiger partial charge in [-0.3, -0.25) is 9.59 Å². The van der Waals surface area contributed by atoms with Crippen LogP contribution in [0.15, 0.2) is 0 Å². The average molecular weight is 511 g/mol. The monoisotopic (exact) mass is 510 g/mol. The van der Waals surface area contributed by atoms with Crippen LogP contribution < -0.4 is 0 Å². The van der Waals surface area contributed by atoms with Gasteiger partial charge in [-0.2, -0.15) is 0 Å². The van der Waals surface area contributed by atoms with Gasteiger partial charge < -0.3 is 9.84 Å². The summed E-state index contributed by atoms with van der Waals surface area (Å²) in [7, 11) is 0. The average Bonchev–Trinajstić information content (AvgIpc) is 2.86. The molecule has 1 N–H and O–H groups in total. The highest BCUT2D eigenvalue weighted by Crippen LogP contribution is 2.19. The van der Waals surface area contributed by atoms with E-state index in [9.17, 15) is 14.7 Å². The van der Waals surface area contributed by atoms with Crippen LogP contribution in [0.2, 0.25) is 0 Å². The Morgan fingerprint density at radius 3 is 1.22 bits per heavy atom. The molecule has 4 heteroatoms. The van der Waals surface area contributed by atoms with Crippen molar-refractivity contribution in [3.63, 3.8) is 0 Å². The number of carboxylic acid groups (broad SMARTS) is 1. The van der Waals surface area contributed by atoms with E-state index < -0.39 is 11.9 Å². The third-order valence-electron chi connectivity index (χ3n) is 7.40. The first kappa shape index (κ1) is 34.9. The highest BCUT2D eigenvalue weighted by molar-refractivity contribution is 5.79. The lowest BCUT2D eigenvalue weighted by molar-refractivity contribution is -0.153. The molecule has 1 unspecified atom stereocenters. The summed E-state index contributed by atoms with van der Waals surface area (Å²) in [5.41, 5.74) is 0. The zero-order valence-corrected chi connectivity index (χ0v) is 24.3. The summed E-state index contributed by atoms with van der Waals surface area (Å²) in [6, 6.07) is 0. The first-order chi connectivity index (χ1) is 17.6. The summed E-state index contributed by atoms with van der Waals surface area (Å²) in [5.74, 6) is -1.69. The summed E-state index contributed by atoms with van der Waals surface area (Å²) in [6.07, 6.45) is 31.2. The molecule has 0 aliphatic heterocycles. The van der Waals surface area contributed by atoms with E-state index in [0.717, 1.165) is 25.7 Å². The fourth-order valence-electron chi connectivity index (χ4n) is 4.98. The molecule has 1 atom stereocenters. The molecule has 0 aromatic rings. The molecule has 0 saturated heterocycles. The van der Waals surface area contributed by atoms with Gasteiger partial charge in [-0.05, 0) is 12.8 Å².